The first-order valence-electron chi connectivity index (χ1n) is 6.48. The molecule has 0 saturated heterocycles. The molecule has 1 heterocycles. The molecule has 5 nitrogen and oxygen atoms in total. The molecule has 0 radical (unpaired) electrons. The van der Waals surface area contributed by atoms with E-state index in [1.54, 1.807) is 0 Å². The van der Waals surface area contributed by atoms with E-state index in [-0.39, 0.29) is 0 Å². The average molecular weight is 283 g/mol. The van der Waals surface area contributed by atoms with Crippen molar-refractivity contribution in [2.45, 2.75) is 12.3 Å². The summed E-state index contributed by atoms with van der Waals surface area (Å²) in [4.78, 5) is 15.3. The lowest BCUT2D eigenvalue weighted by Gasteiger charge is -2.16. The number of aliphatic imine (C=N–C) groups is 1. The Labute approximate surface area is 121 Å². The van der Waals surface area contributed by atoms with Gasteiger partial charge in [-0.3, -0.25) is 0 Å². The summed E-state index contributed by atoms with van der Waals surface area (Å²) < 4.78 is 10.4. The summed E-state index contributed by atoms with van der Waals surface area (Å²) in [5, 5.41) is 8.84. The van der Waals surface area contributed by atoms with Crippen molar-refractivity contribution in [3.63, 3.8) is 0 Å². The summed E-state index contributed by atoms with van der Waals surface area (Å²) in [6, 6.07) is 18.2. The van der Waals surface area contributed by atoms with E-state index in [4.69, 9.17) is 14.6 Å². The zero-order valence-corrected chi connectivity index (χ0v) is 11.0. The summed E-state index contributed by atoms with van der Waals surface area (Å²) in [6.07, 6.45) is -2.36. The van der Waals surface area contributed by atoms with Crippen molar-refractivity contribution in [2.24, 2.45) is 4.99 Å². The summed E-state index contributed by atoms with van der Waals surface area (Å²) >= 11 is 0. The second-order valence-electron chi connectivity index (χ2n) is 4.53. The maximum absolute atomic E-state index is 10.8. The zero-order chi connectivity index (χ0) is 14.7. The summed E-state index contributed by atoms with van der Waals surface area (Å²) in [6.45, 7) is 0. The molecule has 5 heteroatoms. The molecule has 3 rings (SSSR count). The largest absolute Gasteiger partial charge is 0.508 e. The number of nitrogens with zero attached hydrogens (tertiary/aromatic N) is 1. The molecule has 0 bridgehead atoms. The summed E-state index contributed by atoms with van der Waals surface area (Å²) in [7, 11) is 0. The lowest BCUT2D eigenvalue weighted by Crippen LogP contribution is -2.23. The molecule has 2 atom stereocenters. The Balaban J connectivity index is 1.93. The number of benzene rings is 2. The van der Waals surface area contributed by atoms with Gasteiger partial charge in [0.25, 0.3) is 6.29 Å². The van der Waals surface area contributed by atoms with Gasteiger partial charge in [0.15, 0.2) is 6.04 Å². The highest BCUT2D eigenvalue weighted by molar-refractivity contribution is 5.95. The minimum atomic E-state index is -1.38. The lowest BCUT2D eigenvalue weighted by molar-refractivity contribution is -0.0608. The smallest absolute Gasteiger partial charge is 0.450 e. The molecule has 1 N–H and O–H groups in total. The first-order chi connectivity index (χ1) is 10.2. The van der Waals surface area contributed by atoms with Gasteiger partial charge in [-0.2, -0.15) is 0 Å². The predicted octanol–water partition coefficient (Wildman–Crippen LogP) is 3.23. The van der Waals surface area contributed by atoms with E-state index in [0.29, 0.717) is 5.90 Å². The van der Waals surface area contributed by atoms with Crippen molar-refractivity contribution < 1.29 is 19.4 Å². The molecule has 0 aliphatic carbocycles. The van der Waals surface area contributed by atoms with E-state index in [0.717, 1.165) is 11.1 Å². The molecule has 0 saturated carbocycles. The van der Waals surface area contributed by atoms with Gasteiger partial charge in [0.1, 0.15) is 0 Å². The molecular weight excluding hydrogens is 270 g/mol. The maximum Gasteiger partial charge on any atom is 0.508 e. The number of carboxylic acid groups (broad SMARTS) is 1. The third kappa shape index (κ3) is 2.86. The van der Waals surface area contributed by atoms with Crippen LogP contribution in [0.2, 0.25) is 0 Å². The van der Waals surface area contributed by atoms with Gasteiger partial charge in [0, 0.05) is 5.56 Å². The zero-order valence-electron chi connectivity index (χ0n) is 11.0. The van der Waals surface area contributed by atoms with Crippen LogP contribution in [0.5, 0.6) is 0 Å². The van der Waals surface area contributed by atoms with Gasteiger partial charge in [-0.25, -0.2) is 9.79 Å². The average Bonchev–Trinajstić information content (AvgIpc) is 2.92. The second-order valence-corrected chi connectivity index (χ2v) is 4.53. The van der Waals surface area contributed by atoms with Crippen LogP contribution < -0.4 is 0 Å². The number of hydrogen-bond acceptors (Lipinski definition) is 4. The van der Waals surface area contributed by atoms with E-state index in [1.165, 1.54) is 0 Å². The van der Waals surface area contributed by atoms with E-state index < -0.39 is 18.5 Å². The first-order valence-corrected chi connectivity index (χ1v) is 6.48. The van der Waals surface area contributed by atoms with Crippen LogP contribution in [0.15, 0.2) is 65.7 Å². The third-order valence-corrected chi connectivity index (χ3v) is 3.12. The topological polar surface area (TPSA) is 68.1 Å². The number of hydrogen-bond donors (Lipinski definition) is 1. The Kier molecular flexibility index (Phi) is 3.55. The highest BCUT2D eigenvalue weighted by Crippen LogP contribution is 2.31. The van der Waals surface area contributed by atoms with Crippen LogP contribution in [0.4, 0.5) is 4.79 Å². The predicted molar refractivity (Wildman–Crippen MR) is 76.1 cm³/mol. The van der Waals surface area contributed by atoms with Crippen molar-refractivity contribution in [1.29, 1.82) is 0 Å². The molecule has 0 amide bonds. The van der Waals surface area contributed by atoms with Crippen LogP contribution in [0.1, 0.15) is 17.2 Å². The second kappa shape index (κ2) is 5.66. The van der Waals surface area contributed by atoms with Gasteiger partial charge in [-0.05, 0) is 17.7 Å². The van der Waals surface area contributed by atoms with Crippen LogP contribution in [-0.4, -0.2) is 23.4 Å². The fourth-order valence-electron chi connectivity index (χ4n) is 2.19. The van der Waals surface area contributed by atoms with Crippen molar-refractivity contribution >= 4 is 12.1 Å². The molecule has 1 aliphatic rings. The van der Waals surface area contributed by atoms with Gasteiger partial charge in [0.2, 0.25) is 5.90 Å². The first kappa shape index (κ1) is 13.2. The Morgan fingerprint density at radius 1 is 1.05 bits per heavy atom. The van der Waals surface area contributed by atoms with Crippen LogP contribution in [-0.2, 0) is 9.47 Å². The number of ether oxygens (including phenoxy) is 2. The maximum atomic E-state index is 10.8. The molecular formula is C16H13NO4. The van der Waals surface area contributed by atoms with Crippen molar-refractivity contribution in [1.82, 2.24) is 0 Å². The van der Waals surface area contributed by atoms with Crippen LogP contribution in [0.25, 0.3) is 0 Å². The lowest BCUT2D eigenvalue weighted by atomic mass is 10.1. The van der Waals surface area contributed by atoms with E-state index in [1.807, 2.05) is 60.7 Å². The van der Waals surface area contributed by atoms with Gasteiger partial charge in [-0.15, -0.1) is 0 Å². The van der Waals surface area contributed by atoms with Gasteiger partial charge in [-0.1, -0.05) is 48.5 Å². The molecule has 0 aromatic heterocycles. The Morgan fingerprint density at radius 3 is 2.29 bits per heavy atom. The van der Waals surface area contributed by atoms with E-state index in [9.17, 15) is 4.79 Å². The fourth-order valence-corrected chi connectivity index (χ4v) is 2.19. The molecule has 2 aromatic carbocycles. The standard InChI is InChI=1S/C16H13NO4/c18-16(19)21-15-13(11-7-3-1-4-8-11)17-14(20-15)12-9-5-2-6-10-12/h1-10,13,15H,(H,18,19)/t13-,15+/m0/s1. The monoisotopic (exact) mass is 283 g/mol. The Bertz CT molecular complexity index is 654. The molecule has 2 aromatic rings. The normalized spacial score (nSPS) is 20.5. The van der Waals surface area contributed by atoms with Crippen molar-refractivity contribution in [3.05, 3.63) is 71.8 Å². The Morgan fingerprint density at radius 2 is 1.67 bits per heavy atom. The molecule has 21 heavy (non-hydrogen) atoms. The molecule has 0 unspecified atom stereocenters. The van der Waals surface area contributed by atoms with Crippen molar-refractivity contribution in [3.8, 4) is 0 Å². The minimum absolute atomic E-state index is 0.385. The molecule has 1 aliphatic heterocycles. The van der Waals surface area contributed by atoms with Gasteiger partial charge >= 0.3 is 6.16 Å². The number of rotatable bonds is 3. The van der Waals surface area contributed by atoms with Crippen molar-refractivity contribution in [2.75, 3.05) is 0 Å². The minimum Gasteiger partial charge on any atom is -0.450 e. The quantitative estimate of drug-likeness (QED) is 0.878. The van der Waals surface area contributed by atoms with Crippen LogP contribution in [0.3, 0.4) is 0 Å². The third-order valence-electron chi connectivity index (χ3n) is 3.12. The molecule has 0 fully saturated rings. The van der Waals surface area contributed by atoms with Gasteiger partial charge < -0.3 is 14.6 Å². The highest BCUT2D eigenvalue weighted by atomic mass is 16.8. The van der Waals surface area contributed by atoms with E-state index in [2.05, 4.69) is 4.99 Å². The molecule has 106 valence electrons. The SMILES string of the molecule is O=C(O)O[C@H]1OC(c2ccccc2)=N[C@H]1c1ccccc1. The fraction of sp³-hybridized carbons (Fsp3) is 0.125. The highest BCUT2D eigenvalue weighted by Gasteiger charge is 2.35. The van der Waals surface area contributed by atoms with E-state index >= 15 is 0 Å². The van der Waals surface area contributed by atoms with Crippen LogP contribution in [0, 0.1) is 0 Å². The summed E-state index contributed by atoms with van der Waals surface area (Å²) in [5.41, 5.74) is 1.63. The van der Waals surface area contributed by atoms with Crippen LogP contribution >= 0.6 is 0 Å². The molecule has 0 spiro atoms. The van der Waals surface area contributed by atoms with Gasteiger partial charge in [0.05, 0.1) is 0 Å². The Hall–Kier alpha value is -2.82. The number of carbonyl (C=O) groups is 1. The summed E-state index contributed by atoms with van der Waals surface area (Å²) in [5.74, 6) is 0.385.